The van der Waals surface area contributed by atoms with Gasteiger partial charge < -0.3 is 4.74 Å². The van der Waals surface area contributed by atoms with E-state index in [1.165, 1.54) is 12.4 Å². The highest BCUT2D eigenvalue weighted by molar-refractivity contribution is 6.30. The summed E-state index contributed by atoms with van der Waals surface area (Å²) < 4.78 is 5.42. The minimum absolute atomic E-state index is 0.317. The van der Waals surface area contributed by atoms with E-state index < -0.39 is 11.9 Å². The molecule has 1 heterocycles. The summed E-state index contributed by atoms with van der Waals surface area (Å²) in [4.78, 5) is 28.1. The first-order valence-electron chi connectivity index (χ1n) is 7.94. The first kappa shape index (κ1) is 18.3. The van der Waals surface area contributed by atoms with Gasteiger partial charge in [0.2, 0.25) is 0 Å². The second-order valence-electron chi connectivity index (χ2n) is 5.38. The lowest BCUT2D eigenvalue weighted by atomic mass is 10.2. The van der Waals surface area contributed by atoms with Gasteiger partial charge in [0, 0.05) is 23.0 Å². The summed E-state index contributed by atoms with van der Waals surface area (Å²) in [6.07, 6.45) is 4.41. The smallest absolute Gasteiger partial charge is 0.343 e. The molecule has 3 rings (SSSR count). The molecular weight excluding hydrogens is 366 g/mol. The number of pyridine rings is 1. The molecule has 0 atom stereocenters. The summed E-state index contributed by atoms with van der Waals surface area (Å²) >= 11 is 5.82. The molecule has 6 nitrogen and oxygen atoms in total. The van der Waals surface area contributed by atoms with Gasteiger partial charge in [-0.2, -0.15) is 5.10 Å². The Bertz CT molecular complexity index is 973. The molecule has 0 spiro atoms. The molecule has 0 aliphatic heterocycles. The average molecular weight is 380 g/mol. The largest absolute Gasteiger partial charge is 0.422 e. The first-order chi connectivity index (χ1) is 13.1. The number of nitrogens with one attached hydrogen (secondary N) is 1. The van der Waals surface area contributed by atoms with Gasteiger partial charge >= 0.3 is 5.97 Å². The quantitative estimate of drug-likeness (QED) is 0.317. The molecule has 0 unspecified atom stereocenters. The summed E-state index contributed by atoms with van der Waals surface area (Å²) in [5.41, 5.74) is 3.69. The van der Waals surface area contributed by atoms with E-state index in [1.807, 2.05) is 0 Å². The zero-order chi connectivity index (χ0) is 19.1. The van der Waals surface area contributed by atoms with Gasteiger partial charge in [0.15, 0.2) is 0 Å². The third kappa shape index (κ3) is 4.99. The molecular formula is C20H14ClN3O3. The molecule has 0 bridgehead atoms. The monoisotopic (exact) mass is 379 g/mol. The van der Waals surface area contributed by atoms with Gasteiger partial charge in [0.1, 0.15) is 5.75 Å². The summed E-state index contributed by atoms with van der Waals surface area (Å²) in [5, 5.41) is 4.44. The van der Waals surface area contributed by atoms with Gasteiger partial charge in [0.05, 0.1) is 17.3 Å². The van der Waals surface area contributed by atoms with Gasteiger partial charge in [-0.15, -0.1) is 0 Å². The second kappa shape index (κ2) is 8.73. The van der Waals surface area contributed by atoms with E-state index in [9.17, 15) is 9.59 Å². The molecule has 1 N–H and O–H groups in total. The minimum Gasteiger partial charge on any atom is -0.422 e. The Morgan fingerprint density at radius 1 is 1.00 bits per heavy atom. The predicted octanol–water partition coefficient (Wildman–Crippen LogP) is 3.72. The van der Waals surface area contributed by atoms with E-state index in [0.29, 0.717) is 27.5 Å². The van der Waals surface area contributed by atoms with Crippen LogP contribution in [0.25, 0.3) is 0 Å². The summed E-state index contributed by atoms with van der Waals surface area (Å²) in [6.45, 7) is 0. The number of carbonyl (C=O) groups is 2. The fourth-order valence-corrected chi connectivity index (χ4v) is 2.27. The van der Waals surface area contributed by atoms with Crippen molar-refractivity contribution < 1.29 is 14.3 Å². The fourth-order valence-electron chi connectivity index (χ4n) is 2.15. The van der Waals surface area contributed by atoms with Crippen LogP contribution in [0.2, 0.25) is 5.02 Å². The normalized spacial score (nSPS) is 10.6. The maximum atomic E-state index is 12.3. The van der Waals surface area contributed by atoms with Gasteiger partial charge in [-0.1, -0.05) is 23.7 Å². The van der Waals surface area contributed by atoms with Gasteiger partial charge in [-0.3, -0.25) is 9.78 Å². The summed E-state index contributed by atoms with van der Waals surface area (Å²) in [6, 6.07) is 16.5. The van der Waals surface area contributed by atoms with Gasteiger partial charge in [-0.05, 0) is 48.5 Å². The molecule has 1 amide bonds. The number of para-hydroxylation sites is 1. The Morgan fingerprint density at radius 3 is 2.52 bits per heavy atom. The number of nitrogens with zero attached hydrogens (tertiary/aromatic N) is 2. The van der Waals surface area contributed by atoms with Crippen molar-refractivity contribution in [1.29, 1.82) is 0 Å². The van der Waals surface area contributed by atoms with Crippen LogP contribution in [0.3, 0.4) is 0 Å². The summed E-state index contributed by atoms with van der Waals surface area (Å²) in [5.74, 6) is -0.598. The number of halogens is 1. The molecule has 27 heavy (non-hydrogen) atoms. The van der Waals surface area contributed by atoms with Crippen molar-refractivity contribution in [3.8, 4) is 5.75 Å². The highest BCUT2D eigenvalue weighted by Crippen LogP contribution is 2.18. The van der Waals surface area contributed by atoms with E-state index in [4.69, 9.17) is 16.3 Å². The number of carbonyl (C=O) groups excluding carboxylic acids is 2. The van der Waals surface area contributed by atoms with Crippen LogP contribution in [0, 0.1) is 0 Å². The number of aromatic nitrogens is 1. The molecule has 0 radical (unpaired) electrons. The first-order valence-corrected chi connectivity index (χ1v) is 8.31. The van der Waals surface area contributed by atoms with E-state index in [2.05, 4.69) is 15.5 Å². The van der Waals surface area contributed by atoms with Gasteiger partial charge in [-0.25, -0.2) is 10.2 Å². The maximum Gasteiger partial charge on any atom is 0.343 e. The number of ether oxygens (including phenoxy) is 1. The fraction of sp³-hybridized carbons (Fsp3) is 0. The van der Waals surface area contributed by atoms with Crippen molar-refractivity contribution in [2.24, 2.45) is 5.10 Å². The van der Waals surface area contributed by atoms with E-state index in [-0.39, 0.29) is 0 Å². The minimum atomic E-state index is -0.521. The van der Waals surface area contributed by atoms with Crippen LogP contribution in [-0.2, 0) is 0 Å². The summed E-state index contributed by atoms with van der Waals surface area (Å²) in [7, 11) is 0. The van der Waals surface area contributed by atoms with Crippen molar-refractivity contribution in [3.05, 3.63) is 94.8 Å². The van der Waals surface area contributed by atoms with Crippen molar-refractivity contribution in [3.63, 3.8) is 0 Å². The van der Waals surface area contributed by atoms with Crippen LogP contribution in [0.5, 0.6) is 5.75 Å². The molecule has 0 aliphatic rings. The molecule has 0 fully saturated rings. The standard InChI is InChI=1S/C20H14ClN3O3/c21-17-9-7-14(8-10-17)20(26)27-18-6-2-1-4-15(18)13-23-24-19(25)16-5-3-11-22-12-16/h1-13H,(H,24,25). The Hall–Kier alpha value is -3.51. The van der Waals surface area contributed by atoms with Gasteiger partial charge in [0.25, 0.3) is 5.91 Å². The highest BCUT2D eigenvalue weighted by Gasteiger charge is 2.11. The Kier molecular flexibility index (Phi) is 5.91. The number of hydrogen-bond acceptors (Lipinski definition) is 5. The Balaban J connectivity index is 1.69. The van der Waals surface area contributed by atoms with Crippen molar-refractivity contribution in [2.75, 3.05) is 0 Å². The van der Waals surface area contributed by atoms with E-state index in [1.54, 1.807) is 66.9 Å². The molecule has 0 saturated carbocycles. The average Bonchev–Trinajstić information content (AvgIpc) is 2.70. The molecule has 2 aromatic carbocycles. The lowest BCUT2D eigenvalue weighted by molar-refractivity contribution is 0.0734. The Labute approximate surface area is 160 Å². The molecule has 134 valence electrons. The van der Waals surface area contributed by atoms with Crippen LogP contribution >= 0.6 is 11.6 Å². The number of benzene rings is 2. The molecule has 3 aromatic rings. The third-order valence-corrected chi connectivity index (χ3v) is 3.75. The van der Waals surface area contributed by atoms with Crippen molar-refractivity contribution >= 4 is 29.7 Å². The topological polar surface area (TPSA) is 80.6 Å². The SMILES string of the molecule is O=C(NN=Cc1ccccc1OC(=O)c1ccc(Cl)cc1)c1cccnc1. The second-order valence-corrected chi connectivity index (χ2v) is 5.81. The van der Waals surface area contributed by atoms with Crippen LogP contribution in [0.1, 0.15) is 26.3 Å². The van der Waals surface area contributed by atoms with E-state index >= 15 is 0 Å². The maximum absolute atomic E-state index is 12.3. The lowest BCUT2D eigenvalue weighted by Gasteiger charge is -2.07. The number of amides is 1. The highest BCUT2D eigenvalue weighted by atomic mass is 35.5. The van der Waals surface area contributed by atoms with Crippen LogP contribution < -0.4 is 10.2 Å². The van der Waals surface area contributed by atoms with Crippen molar-refractivity contribution in [2.45, 2.75) is 0 Å². The van der Waals surface area contributed by atoms with Crippen LogP contribution in [0.4, 0.5) is 0 Å². The predicted molar refractivity (Wildman–Crippen MR) is 102 cm³/mol. The molecule has 1 aromatic heterocycles. The Morgan fingerprint density at radius 2 is 1.78 bits per heavy atom. The van der Waals surface area contributed by atoms with Crippen molar-refractivity contribution in [1.82, 2.24) is 10.4 Å². The number of rotatable bonds is 5. The molecule has 0 saturated heterocycles. The van der Waals surface area contributed by atoms with Crippen LogP contribution in [-0.4, -0.2) is 23.1 Å². The third-order valence-electron chi connectivity index (χ3n) is 3.50. The lowest BCUT2D eigenvalue weighted by Crippen LogP contribution is -2.17. The van der Waals surface area contributed by atoms with E-state index in [0.717, 1.165) is 0 Å². The zero-order valence-corrected chi connectivity index (χ0v) is 14.8. The number of hydrazone groups is 1. The number of hydrogen-bond donors (Lipinski definition) is 1. The number of esters is 1. The zero-order valence-electron chi connectivity index (χ0n) is 14.0. The van der Waals surface area contributed by atoms with Crippen LogP contribution in [0.15, 0.2) is 78.2 Å². The molecule has 0 aliphatic carbocycles. The molecule has 7 heteroatoms.